The van der Waals surface area contributed by atoms with Crippen LogP contribution in [0.1, 0.15) is 19.9 Å². The van der Waals surface area contributed by atoms with Gasteiger partial charge in [0.25, 0.3) is 5.56 Å². The van der Waals surface area contributed by atoms with Crippen LogP contribution in [0.3, 0.4) is 0 Å². The highest BCUT2D eigenvalue weighted by molar-refractivity contribution is 6.33. The van der Waals surface area contributed by atoms with Crippen molar-refractivity contribution in [3.05, 3.63) is 56.1 Å². The minimum absolute atomic E-state index is 0.00745. The number of nitrogens with one attached hydrogen (secondary N) is 1. The number of hydrogen-bond donors (Lipinski definition) is 1. The monoisotopic (exact) mass is 439 g/mol. The third-order valence-corrected chi connectivity index (χ3v) is 5.45. The van der Waals surface area contributed by atoms with Gasteiger partial charge in [0, 0.05) is 18.3 Å². The van der Waals surface area contributed by atoms with E-state index in [1.165, 1.54) is 31.5 Å². The molecule has 0 spiro atoms. The van der Waals surface area contributed by atoms with Gasteiger partial charge in [0.2, 0.25) is 0 Å². The summed E-state index contributed by atoms with van der Waals surface area (Å²) in [5.41, 5.74) is -1.39. The fourth-order valence-corrected chi connectivity index (χ4v) is 3.45. The Bertz CT molecular complexity index is 1080. The molecule has 2 aromatic rings. The fraction of sp³-hybridized carbons (Fsp3) is 0.450. The lowest BCUT2D eigenvalue weighted by Gasteiger charge is -2.39. The van der Waals surface area contributed by atoms with E-state index in [0.29, 0.717) is 19.8 Å². The Kier molecular flexibility index (Phi) is 6.44. The maximum absolute atomic E-state index is 14.0. The zero-order chi connectivity index (χ0) is 22.1. The smallest absolute Gasteiger partial charge is 0.331 e. The Balaban J connectivity index is 2.11. The summed E-state index contributed by atoms with van der Waals surface area (Å²) >= 11 is 6.08. The van der Waals surface area contributed by atoms with Gasteiger partial charge in [-0.1, -0.05) is 23.7 Å². The molecule has 162 valence electrons. The summed E-state index contributed by atoms with van der Waals surface area (Å²) in [6.07, 6.45) is 1.21. The summed E-state index contributed by atoms with van der Waals surface area (Å²) < 4.78 is 25.9. The number of carbonyl (C=O) groups excluding carboxylic acids is 1. The molecule has 8 nitrogen and oxygen atoms in total. The number of aromatic nitrogens is 2. The summed E-state index contributed by atoms with van der Waals surface area (Å²) in [5, 5.41) is 3.05. The summed E-state index contributed by atoms with van der Waals surface area (Å²) in [6, 6.07) is 3.51. The van der Waals surface area contributed by atoms with Crippen molar-refractivity contribution in [1.82, 2.24) is 14.5 Å². The standard InChI is InChI=1S/C20H23ClFN3O5/c1-12(7-23-20(2)10-30-11-20)25-18(27)14(13-5-4-6-15(22)17(13)21)8-24(19(25)28)9-16(26)29-3/h4-6,8,12,23H,7,9-11H2,1-3H3. The summed E-state index contributed by atoms with van der Waals surface area (Å²) in [4.78, 5) is 38.0. The quantitative estimate of drug-likeness (QED) is 0.659. The Morgan fingerprint density at radius 1 is 1.37 bits per heavy atom. The molecule has 2 heterocycles. The van der Waals surface area contributed by atoms with Gasteiger partial charge in [0.15, 0.2) is 0 Å². The predicted molar refractivity (Wildman–Crippen MR) is 109 cm³/mol. The lowest BCUT2D eigenvalue weighted by atomic mass is 10.0. The van der Waals surface area contributed by atoms with Crippen molar-refractivity contribution in [2.45, 2.75) is 32.0 Å². The Morgan fingerprint density at radius 2 is 2.07 bits per heavy atom. The van der Waals surface area contributed by atoms with Crippen LogP contribution in [0.15, 0.2) is 34.0 Å². The van der Waals surface area contributed by atoms with Gasteiger partial charge < -0.3 is 14.8 Å². The molecule has 10 heteroatoms. The molecule has 1 aliphatic heterocycles. The Hall–Kier alpha value is -2.49. The van der Waals surface area contributed by atoms with Crippen molar-refractivity contribution in [2.75, 3.05) is 26.9 Å². The van der Waals surface area contributed by atoms with E-state index in [1.807, 2.05) is 6.92 Å². The first-order valence-corrected chi connectivity index (χ1v) is 9.74. The van der Waals surface area contributed by atoms with Gasteiger partial charge in [0.05, 0.1) is 42.5 Å². The molecular weight excluding hydrogens is 417 g/mol. The number of rotatable bonds is 7. The molecule has 1 aromatic carbocycles. The largest absolute Gasteiger partial charge is 0.468 e. The molecule has 0 aliphatic carbocycles. The van der Waals surface area contributed by atoms with Crippen LogP contribution in [0.4, 0.5) is 4.39 Å². The van der Waals surface area contributed by atoms with Crippen LogP contribution in [0, 0.1) is 5.82 Å². The zero-order valence-electron chi connectivity index (χ0n) is 16.9. The van der Waals surface area contributed by atoms with Crippen LogP contribution in [-0.4, -0.2) is 47.5 Å². The number of nitrogens with zero attached hydrogens (tertiary/aromatic N) is 2. The SMILES string of the molecule is COC(=O)Cn1cc(-c2cccc(F)c2Cl)c(=O)n(C(C)CNC2(C)COC2)c1=O. The van der Waals surface area contributed by atoms with Gasteiger partial charge in [-0.25, -0.2) is 9.18 Å². The van der Waals surface area contributed by atoms with Gasteiger partial charge >= 0.3 is 11.7 Å². The number of esters is 1. The van der Waals surface area contributed by atoms with E-state index in [-0.39, 0.29) is 21.7 Å². The molecule has 1 aliphatic rings. The average Bonchev–Trinajstić information content (AvgIpc) is 2.69. The van der Waals surface area contributed by atoms with E-state index in [2.05, 4.69) is 10.1 Å². The van der Waals surface area contributed by atoms with E-state index in [9.17, 15) is 18.8 Å². The zero-order valence-corrected chi connectivity index (χ0v) is 17.7. The van der Waals surface area contributed by atoms with Crippen molar-refractivity contribution in [1.29, 1.82) is 0 Å². The summed E-state index contributed by atoms with van der Waals surface area (Å²) in [6.45, 7) is 4.65. The van der Waals surface area contributed by atoms with Gasteiger partial charge in [-0.15, -0.1) is 0 Å². The molecule has 1 N–H and O–H groups in total. The topological polar surface area (TPSA) is 91.6 Å². The Labute approximate surface area is 177 Å². The molecule has 0 amide bonds. The molecule has 1 fully saturated rings. The van der Waals surface area contributed by atoms with Crippen molar-refractivity contribution < 1.29 is 18.7 Å². The van der Waals surface area contributed by atoms with Crippen LogP contribution in [0.2, 0.25) is 5.02 Å². The first-order chi connectivity index (χ1) is 14.2. The van der Waals surface area contributed by atoms with E-state index >= 15 is 0 Å². The molecule has 1 unspecified atom stereocenters. The second kappa shape index (κ2) is 8.71. The van der Waals surface area contributed by atoms with Gasteiger partial charge in [-0.3, -0.25) is 18.7 Å². The molecule has 1 aromatic heterocycles. The highest BCUT2D eigenvalue weighted by Gasteiger charge is 2.33. The minimum atomic E-state index is -0.696. The molecule has 3 rings (SSSR count). The molecule has 1 saturated heterocycles. The lowest BCUT2D eigenvalue weighted by molar-refractivity contribution is -0.141. The molecule has 30 heavy (non-hydrogen) atoms. The first kappa shape index (κ1) is 22.2. The summed E-state index contributed by atoms with van der Waals surface area (Å²) in [7, 11) is 1.20. The number of benzene rings is 1. The van der Waals surface area contributed by atoms with Crippen LogP contribution >= 0.6 is 11.6 Å². The lowest BCUT2D eigenvalue weighted by Crippen LogP contribution is -2.59. The highest BCUT2D eigenvalue weighted by atomic mass is 35.5. The van der Waals surface area contributed by atoms with E-state index in [0.717, 1.165) is 9.13 Å². The highest BCUT2D eigenvalue weighted by Crippen LogP contribution is 2.27. The van der Waals surface area contributed by atoms with Crippen molar-refractivity contribution >= 4 is 17.6 Å². The first-order valence-electron chi connectivity index (χ1n) is 9.37. The predicted octanol–water partition coefficient (Wildman–Crippen LogP) is 1.58. The molecule has 0 radical (unpaired) electrons. The second-order valence-electron chi connectivity index (χ2n) is 7.59. The maximum atomic E-state index is 14.0. The van der Waals surface area contributed by atoms with Gasteiger partial charge in [0.1, 0.15) is 12.4 Å². The molecule has 1 atom stereocenters. The maximum Gasteiger partial charge on any atom is 0.331 e. The van der Waals surface area contributed by atoms with Gasteiger partial charge in [-0.05, 0) is 19.9 Å². The van der Waals surface area contributed by atoms with E-state index in [4.69, 9.17) is 16.3 Å². The number of carbonyl (C=O) groups is 1. The molecule has 0 saturated carbocycles. The third-order valence-electron chi connectivity index (χ3n) is 5.06. The van der Waals surface area contributed by atoms with Gasteiger partial charge in [-0.2, -0.15) is 0 Å². The summed E-state index contributed by atoms with van der Waals surface area (Å²) in [5.74, 6) is -1.36. The molecule has 0 bridgehead atoms. The van der Waals surface area contributed by atoms with E-state index in [1.54, 1.807) is 6.92 Å². The minimum Gasteiger partial charge on any atom is -0.468 e. The van der Waals surface area contributed by atoms with Crippen LogP contribution in [-0.2, 0) is 20.8 Å². The van der Waals surface area contributed by atoms with E-state index < -0.39 is 35.6 Å². The van der Waals surface area contributed by atoms with Crippen LogP contribution in [0.25, 0.3) is 11.1 Å². The van der Waals surface area contributed by atoms with Crippen molar-refractivity contribution in [3.8, 4) is 11.1 Å². The Morgan fingerprint density at radius 3 is 2.67 bits per heavy atom. The third kappa shape index (κ3) is 4.33. The fourth-order valence-electron chi connectivity index (χ4n) is 3.22. The number of ether oxygens (including phenoxy) is 2. The number of methoxy groups -OCH3 is 1. The number of hydrogen-bond acceptors (Lipinski definition) is 6. The normalized spacial score (nSPS) is 16.0. The molecular formula is C20H23ClFN3O5. The number of halogens is 2. The second-order valence-corrected chi connectivity index (χ2v) is 7.97. The van der Waals surface area contributed by atoms with Crippen LogP contribution in [0.5, 0.6) is 0 Å². The van der Waals surface area contributed by atoms with Crippen molar-refractivity contribution in [3.63, 3.8) is 0 Å². The van der Waals surface area contributed by atoms with Crippen molar-refractivity contribution in [2.24, 2.45) is 0 Å². The van der Waals surface area contributed by atoms with Crippen LogP contribution < -0.4 is 16.6 Å². The average molecular weight is 440 g/mol.